The maximum Gasteiger partial charge on any atom is 0.239 e. The summed E-state index contributed by atoms with van der Waals surface area (Å²) in [6.45, 7) is 0.845. The molecule has 2 fully saturated rings. The van der Waals surface area contributed by atoms with Crippen molar-refractivity contribution in [1.82, 2.24) is 0 Å². The van der Waals surface area contributed by atoms with Gasteiger partial charge in [-0.1, -0.05) is 0 Å². The second kappa shape index (κ2) is 12.4. The lowest BCUT2D eigenvalue weighted by Crippen LogP contribution is -2.61. The van der Waals surface area contributed by atoms with E-state index in [0.717, 1.165) is 13.2 Å². The second-order valence-corrected chi connectivity index (χ2v) is 10.4. The molecule has 3 aromatic rings. The number of benzene rings is 2. The van der Waals surface area contributed by atoms with Crippen molar-refractivity contribution < 1.29 is 74.1 Å². The molecular formula is C28H32O16. The van der Waals surface area contributed by atoms with Crippen LogP contribution in [0.1, 0.15) is 6.92 Å². The van der Waals surface area contributed by atoms with E-state index in [9.17, 15) is 50.8 Å². The van der Waals surface area contributed by atoms with Crippen LogP contribution in [0.5, 0.6) is 28.7 Å². The fraction of sp³-hybridized carbons (Fsp3) is 0.464. The number of aliphatic hydroxyl groups excluding tert-OH is 6. The highest BCUT2D eigenvalue weighted by molar-refractivity contribution is 5.91. The Balaban J connectivity index is 1.49. The highest BCUT2D eigenvalue weighted by Gasteiger charge is 2.48. The molecule has 16 heteroatoms. The van der Waals surface area contributed by atoms with Crippen LogP contribution >= 0.6 is 0 Å². The van der Waals surface area contributed by atoms with Gasteiger partial charge in [-0.2, -0.15) is 0 Å². The molecule has 16 nitrogen and oxygen atoms in total. The zero-order valence-corrected chi connectivity index (χ0v) is 23.3. The summed E-state index contributed by atoms with van der Waals surface area (Å²) in [5, 5.41) is 92.3. The first-order chi connectivity index (χ1) is 20.8. The van der Waals surface area contributed by atoms with Crippen LogP contribution in [-0.4, -0.2) is 121 Å². The number of hydrogen-bond acceptors (Lipinski definition) is 16. The zero-order valence-electron chi connectivity index (χ0n) is 23.3. The van der Waals surface area contributed by atoms with Crippen molar-refractivity contribution in [2.45, 2.75) is 68.3 Å². The van der Waals surface area contributed by atoms with E-state index in [1.165, 1.54) is 31.2 Å². The van der Waals surface area contributed by atoms with Crippen LogP contribution in [-0.2, 0) is 14.2 Å². The summed E-state index contributed by atoms with van der Waals surface area (Å²) in [4.78, 5) is 13.8. The Morgan fingerprint density at radius 1 is 0.795 bits per heavy atom. The average molecular weight is 625 g/mol. The average Bonchev–Trinajstić information content (AvgIpc) is 2.99. The second-order valence-electron chi connectivity index (χ2n) is 10.4. The summed E-state index contributed by atoms with van der Waals surface area (Å²) < 4.78 is 33.0. The van der Waals surface area contributed by atoms with Crippen molar-refractivity contribution in [3.05, 3.63) is 40.6 Å². The molecule has 2 saturated heterocycles. The van der Waals surface area contributed by atoms with E-state index in [1.54, 1.807) is 0 Å². The Hall–Kier alpha value is -3.71. The number of rotatable bonds is 7. The molecule has 2 aliphatic heterocycles. The van der Waals surface area contributed by atoms with Gasteiger partial charge >= 0.3 is 0 Å². The van der Waals surface area contributed by atoms with Gasteiger partial charge in [-0.15, -0.1) is 0 Å². The van der Waals surface area contributed by atoms with E-state index < -0.39 is 102 Å². The molecule has 0 bridgehead atoms. The standard InChI is InChI=1S/C28H32O16/c1-9-16(31)20(35)22(37)27(41-9)40-8-14-17(32)21(36)23(38)28(43-14)44-26-19(34)15-13(7-12(30)25(39-2)18(15)33)42-24(26)10-3-5-11(29)6-4-10/h3-7,9,14,16-17,20-23,27-33,35-38H,8H2,1-2H3/t9-,14+,16-,17+,20+,21-,22+,23+,27+,28-/m0/s1. The number of aromatic hydroxyl groups is 3. The van der Waals surface area contributed by atoms with Crippen LogP contribution in [0, 0.1) is 0 Å². The first-order valence-electron chi connectivity index (χ1n) is 13.4. The maximum atomic E-state index is 13.8. The largest absolute Gasteiger partial charge is 0.508 e. The smallest absolute Gasteiger partial charge is 0.239 e. The quantitative estimate of drug-likeness (QED) is 0.147. The molecule has 5 rings (SSSR count). The van der Waals surface area contributed by atoms with Crippen molar-refractivity contribution in [2.24, 2.45) is 0 Å². The molecule has 0 saturated carbocycles. The topological polar surface area (TPSA) is 258 Å². The predicted octanol–water partition coefficient (Wildman–Crippen LogP) is -1.38. The summed E-state index contributed by atoms with van der Waals surface area (Å²) in [6.07, 6.45) is -16.0. The molecule has 240 valence electrons. The molecule has 1 aromatic heterocycles. The minimum absolute atomic E-state index is 0.117. The van der Waals surface area contributed by atoms with Gasteiger partial charge in [-0.05, 0) is 31.2 Å². The third-order valence-corrected chi connectivity index (χ3v) is 7.52. The summed E-state index contributed by atoms with van der Waals surface area (Å²) in [6, 6.07) is 6.32. The maximum absolute atomic E-state index is 13.8. The lowest BCUT2D eigenvalue weighted by molar-refractivity contribution is -0.318. The summed E-state index contributed by atoms with van der Waals surface area (Å²) in [5.74, 6) is -2.78. The summed E-state index contributed by atoms with van der Waals surface area (Å²) in [5.41, 5.74) is -1.11. The van der Waals surface area contributed by atoms with E-state index >= 15 is 0 Å². The molecule has 0 amide bonds. The van der Waals surface area contributed by atoms with Crippen molar-refractivity contribution in [2.75, 3.05) is 13.7 Å². The summed E-state index contributed by atoms with van der Waals surface area (Å²) in [7, 11) is 1.15. The highest BCUT2D eigenvalue weighted by Crippen LogP contribution is 2.43. The van der Waals surface area contributed by atoms with Crippen molar-refractivity contribution in [3.63, 3.8) is 0 Å². The molecule has 0 unspecified atom stereocenters. The van der Waals surface area contributed by atoms with Gasteiger partial charge in [0.2, 0.25) is 23.2 Å². The van der Waals surface area contributed by atoms with Gasteiger partial charge < -0.3 is 74.1 Å². The predicted molar refractivity (Wildman–Crippen MR) is 145 cm³/mol. The number of fused-ring (bicyclic) bond motifs is 1. The van der Waals surface area contributed by atoms with Crippen molar-refractivity contribution in [3.8, 4) is 40.1 Å². The first kappa shape index (κ1) is 31.7. The fourth-order valence-electron chi connectivity index (χ4n) is 5.01. The van der Waals surface area contributed by atoms with E-state index in [2.05, 4.69) is 0 Å². The third kappa shape index (κ3) is 5.63. The number of phenols is 3. The number of ether oxygens (including phenoxy) is 5. The van der Waals surface area contributed by atoms with Crippen molar-refractivity contribution >= 4 is 11.0 Å². The van der Waals surface area contributed by atoms with Gasteiger partial charge in [-0.25, -0.2) is 0 Å². The van der Waals surface area contributed by atoms with Crippen LogP contribution in [0.3, 0.4) is 0 Å². The Kier molecular flexibility index (Phi) is 8.90. The Morgan fingerprint density at radius 3 is 2.09 bits per heavy atom. The van der Waals surface area contributed by atoms with Crippen LogP contribution in [0.25, 0.3) is 22.3 Å². The molecule has 0 aliphatic carbocycles. The van der Waals surface area contributed by atoms with Crippen LogP contribution < -0.4 is 14.9 Å². The molecule has 2 aromatic carbocycles. The Morgan fingerprint density at radius 2 is 1.43 bits per heavy atom. The van der Waals surface area contributed by atoms with Gasteiger partial charge in [0.25, 0.3) is 0 Å². The molecule has 3 heterocycles. The van der Waals surface area contributed by atoms with Gasteiger partial charge in [-0.3, -0.25) is 4.79 Å². The third-order valence-electron chi connectivity index (χ3n) is 7.52. The number of hydrogen-bond donors (Lipinski definition) is 9. The first-order valence-corrected chi connectivity index (χ1v) is 13.4. The molecule has 9 N–H and O–H groups in total. The lowest BCUT2D eigenvalue weighted by atomic mass is 9.98. The SMILES string of the molecule is COc1c(O)cc2oc(-c3ccc(O)cc3)c(O[C@@H]3O[C@H](CO[C@@H]4O[C@@H](C)[C@H](O)[C@@H](O)[C@H]4O)[C@@H](O)[C@H](O)[C@H]3O)c(=O)c2c1O. The molecule has 2 aliphatic rings. The number of aliphatic hydroxyl groups is 6. The van der Waals surface area contributed by atoms with Crippen LogP contribution in [0.15, 0.2) is 39.5 Å². The minimum Gasteiger partial charge on any atom is -0.508 e. The number of phenolic OH excluding ortho intramolecular Hbond substituents is 3. The fourth-order valence-corrected chi connectivity index (χ4v) is 5.01. The van der Waals surface area contributed by atoms with E-state index in [-0.39, 0.29) is 22.7 Å². The molecule has 0 radical (unpaired) electrons. The van der Waals surface area contributed by atoms with E-state index in [1.807, 2.05) is 0 Å². The van der Waals surface area contributed by atoms with Gasteiger partial charge in [0, 0.05) is 11.6 Å². The van der Waals surface area contributed by atoms with Crippen molar-refractivity contribution in [1.29, 1.82) is 0 Å². The molecule has 0 spiro atoms. The van der Waals surface area contributed by atoms with Crippen LogP contribution in [0.4, 0.5) is 0 Å². The highest BCUT2D eigenvalue weighted by atomic mass is 16.7. The van der Waals surface area contributed by atoms with Gasteiger partial charge in [0.05, 0.1) is 19.8 Å². The zero-order chi connectivity index (χ0) is 32.0. The Bertz CT molecular complexity index is 1540. The van der Waals surface area contributed by atoms with Crippen LogP contribution in [0.2, 0.25) is 0 Å². The number of methoxy groups -OCH3 is 1. The van der Waals surface area contributed by atoms with Gasteiger partial charge in [0.1, 0.15) is 59.4 Å². The van der Waals surface area contributed by atoms with Gasteiger partial charge in [0.15, 0.2) is 23.5 Å². The summed E-state index contributed by atoms with van der Waals surface area (Å²) >= 11 is 0. The lowest BCUT2D eigenvalue weighted by Gasteiger charge is -2.42. The molecule has 44 heavy (non-hydrogen) atoms. The molecule has 10 atom stereocenters. The minimum atomic E-state index is -1.94. The van der Waals surface area contributed by atoms with E-state index in [0.29, 0.717) is 0 Å². The molecular weight excluding hydrogens is 592 g/mol. The van der Waals surface area contributed by atoms with E-state index in [4.69, 9.17) is 28.1 Å². The Labute approximate surface area is 248 Å². The monoisotopic (exact) mass is 624 g/mol. The normalized spacial score (nSPS) is 32.5.